The molecule has 20 heteroatoms. The number of carboxylic acid groups (broad SMARTS) is 1. The molecule has 4 aliphatic rings. The second-order valence-corrected chi connectivity index (χ2v) is 13.5. The molecule has 2 saturated heterocycles. The summed E-state index contributed by atoms with van der Waals surface area (Å²) in [6.45, 7) is 0. The van der Waals surface area contributed by atoms with Gasteiger partial charge in [-0.05, 0) is 36.3 Å². The van der Waals surface area contributed by atoms with Gasteiger partial charge in [0.2, 0.25) is 12.1 Å². The molecule has 3 aromatic rings. The molecule has 0 saturated carbocycles. The smallest absolute Gasteiger partial charge is 0.340 e. The van der Waals surface area contributed by atoms with Gasteiger partial charge >= 0.3 is 11.9 Å². The number of aliphatic hydroxyl groups is 6. The van der Waals surface area contributed by atoms with E-state index in [2.05, 4.69) is 5.32 Å². The molecule has 12 atom stereocenters. The van der Waals surface area contributed by atoms with E-state index < -0.39 is 108 Å². The molecule has 2 aromatic carbocycles. The van der Waals surface area contributed by atoms with Crippen molar-refractivity contribution in [3.63, 3.8) is 0 Å². The maximum atomic E-state index is 13.6. The van der Waals surface area contributed by atoms with E-state index in [1.54, 1.807) is 18.4 Å². The number of phenols is 3. The Labute approximate surface area is 308 Å². The van der Waals surface area contributed by atoms with Gasteiger partial charge in [-0.3, -0.25) is 4.79 Å². The summed E-state index contributed by atoms with van der Waals surface area (Å²) in [7, 11) is 0. The van der Waals surface area contributed by atoms with Gasteiger partial charge in [-0.1, -0.05) is 6.08 Å². The molecular formula is C35H36N2O18. The van der Waals surface area contributed by atoms with Crippen molar-refractivity contribution in [1.29, 1.82) is 0 Å². The molecule has 13 N–H and O–H groups in total. The lowest BCUT2D eigenvalue weighted by Gasteiger charge is -2.47. The van der Waals surface area contributed by atoms with Crippen LogP contribution in [-0.4, -0.2) is 130 Å². The number of aliphatic carboxylic acids is 1. The molecule has 1 unspecified atom stereocenters. The van der Waals surface area contributed by atoms with Crippen molar-refractivity contribution in [3.8, 4) is 34.3 Å². The number of ether oxygens (including phenoxy) is 4. The SMILES string of the molecule is NC1C=CC([C@@H]2CC[C@]3(Oc4cc5oc(-c6ccc(O)c(O)c6)cc(=O)c5c(O)c42)O[C@H](C(=O)O[C@H]2O[C@H](C(=O)O)[C@@H](O)[C@H](O)[C@H]2O)[C@@H](O)[C@H](O)[C@H]3O)=CN1. The van der Waals surface area contributed by atoms with Crippen molar-refractivity contribution >= 4 is 22.9 Å². The van der Waals surface area contributed by atoms with E-state index in [4.69, 9.17) is 29.1 Å². The minimum atomic E-state index is -2.44. The summed E-state index contributed by atoms with van der Waals surface area (Å²) in [4.78, 5) is 38.7. The average Bonchev–Trinajstić information content (AvgIpc) is 3.31. The largest absolute Gasteiger partial charge is 0.507 e. The normalized spacial score (nSPS) is 34.5. The minimum absolute atomic E-state index is 0.0126. The van der Waals surface area contributed by atoms with Gasteiger partial charge in [0.25, 0.3) is 0 Å². The van der Waals surface area contributed by atoms with Gasteiger partial charge in [0, 0.05) is 41.8 Å². The molecule has 5 heterocycles. The molecule has 1 aromatic heterocycles. The number of fused-ring (bicyclic) bond motifs is 2. The van der Waals surface area contributed by atoms with Gasteiger partial charge < -0.3 is 85.5 Å². The lowest BCUT2D eigenvalue weighted by molar-refractivity contribution is -0.338. The highest BCUT2D eigenvalue weighted by Gasteiger charge is 2.60. The van der Waals surface area contributed by atoms with Crippen molar-refractivity contribution in [2.75, 3.05) is 0 Å². The second kappa shape index (κ2) is 14.1. The average molecular weight is 773 g/mol. The van der Waals surface area contributed by atoms with E-state index in [0.717, 1.165) is 18.2 Å². The van der Waals surface area contributed by atoms with Gasteiger partial charge in [0.1, 0.15) is 64.9 Å². The van der Waals surface area contributed by atoms with E-state index in [-0.39, 0.29) is 46.4 Å². The maximum absolute atomic E-state index is 13.6. The minimum Gasteiger partial charge on any atom is -0.507 e. The molecule has 0 bridgehead atoms. The quantitative estimate of drug-likeness (QED) is 0.0964. The standard InChI is InChI=1S/C35H36N2O18/c36-20-4-2-12(10-37-20)13-5-6-35(31(47)27(45)26(44)30(55-35)33(50)53-34-28(46)24(42)25(43)29(52-34)32(48)49)54-19-9-18-22(23(41)21(13)19)16(40)8-17(51-18)11-1-3-14(38)15(39)7-11/h1-4,7-10,13,20,24-31,34,37-39,41-47H,5-6,36H2,(H,48,49)/t13-,20?,24-,25-,26-,27-,28+,29-,30-,31+,34+,35-/m0/s1. The lowest BCUT2D eigenvalue weighted by Crippen LogP contribution is -2.68. The molecule has 2 fully saturated rings. The van der Waals surface area contributed by atoms with Crippen LogP contribution in [-0.2, 0) is 23.8 Å². The first-order valence-corrected chi connectivity index (χ1v) is 16.8. The third kappa shape index (κ3) is 6.52. The Kier molecular flexibility index (Phi) is 9.74. The first-order valence-electron chi connectivity index (χ1n) is 16.8. The van der Waals surface area contributed by atoms with Crippen LogP contribution < -0.4 is 21.2 Å². The Hall–Kier alpha value is -5.29. The Bertz CT molecular complexity index is 2150. The van der Waals surface area contributed by atoms with Crippen LogP contribution in [0.25, 0.3) is 22.3 Å². The summed E-state index contributed by atoms with van der Waals surface area (Å²) in [5.74, 6) is -8.61. The van der Waals surface area contributed by atoms with Crippen LogP contribution in [0.15, 0.2) is 63.5 Å². The fraction of sp³-hybridized carbons (Fsp3) is 0.400. The number of carbonyl (C=O) groups excluding carboxylic acids is 1. The number of dihydropyridines is 1. The Morgan fingerprint density at radius 2 is 1.64 bits per heavy atom. The second-order valence-electron chi connectivity index (χ2n) is 13.5. The number of esters is 1. The van der Waals surface area contributed by atoms with Crippen LogP contribution >= 0.6 is 0 Å². The number of benzene rings is 2. The van der Waals surface area contributed by atoms with E-state index in [9.17, 15) is 65.4 Å². The number of phenolic OH excluding ortho intramolecular Hbond substituents is 3. The highest BCUT2D eigenvalue weighted by molar-refractivity contribution is 5.89. The molecular weight excluding hydrogens is 736 g/mol. The molecule has 55 heavy (non-hydrogen) atoms. The molecule has 294 valence electrons. The number of hydrogen-bond acceptors (Lipinski definition) is 19. The zero-order valence-corrected chi connectivity index (χ0v) is 28.2. The van der Waals surface area contributed by atoms with Crippen molar-refractivity contribution in [2.24, 2.45) is 5.73 Å². The van der Waals surface area contributed by atoms with Gasteiger partial charge in [-0.2, -0.15) is 0 Å². The Morgan fingerprint density at radius 3 is 2.31 bits per heavy atom. The first-order chi connectivity index (χ1) is 26.0. The van der Waals surface area contributed by atoms with Gasteiger partial charge in [0.05, 0.1) is 6.17 Å². The third-order valence-corrected chi connectivity index (χ3v) is 10.0. The van der Waals surface area contributed by atoms with Crippen molar-refractivity contribution in [3.05, 3.63) is 70.0 Å². The van der Waals surface area contributed by atoms with Gasteiger partial charge in [-0.25, -0.2) is 9.59 Å². The number of carboxylic acids is 1. The number of nitrogens with two attached hydrogens (primary N) is 1. The molecule has 7 rings (SSSR count). The van der Waals surface area contributed by atoms with Crippen LogP contribution in [0.4, 0.5) is 0 Å². The summed E-state index contributed by atoms with van der Waals surface area (Å²) in [5.41, 5.74) is 5.60. The summed E-state index contributed by atoms with van der Waals surface area (Å²) in [5, 5.41) is 108. The Morgan fingerprint density at radius 1 is 0.909 bits per heavy atom. The number of hydrogen-bond donors (Lipinski definition) is 12. The van der Waals surface area contributed by atoms with Crippen LogP contribution in [0, 0.1) is 0 Å². The molecule has 0 radical (unpaired) electrons. The number of nitrogens with one attached hydrogen (secondary N) is 1. The topological polar surface area (TPSA) is 342 Å². The summed E-state index contributed by atoms with van der Waals surface area (Å²) < 4.78 is 28.2. The van der Waals surface area contributed by atoms with Crippen molar-refractivity contribution in [1.82, 2.24) is 5.32 Å². The zero-order valence-electron chi connectivity index (χ0n) is 28.2. The van der Waals surface area contributed by atoms with E-state index in [0.29, 0.717) is 5.57 Å². The summed E-state index contributed by atoms with van der Waals surface area (Å²) in [6.07, 6.45) is -15.9. The van der Waals surface area contributed by atoms with Crippen molar-refractivity contribution in [2.45, 2.75) is 85.8 Å². The molecule has 0 aliphatic carbocycles. The number of aromatic hydroxyl groups is 3. The fourth-order valence-electron chi connectivity index (χ4n) is 7.11. The lowest BCUT2D eigenvalue weighted by atomic mass is 9.82. The van der Waals surface area contributed by atoms with Crippen LogP contribution in [0.5, 0.6) is 23.0 Å². The monoisotopic (exact) mass is 772 g/mol. The van der Waals surface area contributed by atoms with E-state index in [1.807, 2.05) is 0 Å². The number of carbonyl (C=O) groups is 2. The molecule has 4 aliphatic heterocycles. The number of rotatable bonds is 5. The molecule has 0 amide bonds. The zero-order chi connectivity index (χ0) is 39.7. The third-order valence-electron chi connectivity index (χ3n) is 10.0. The van der Waals surface area contributed by atoms with Gasteiger partial charge in [0.15, 0.2) is 29.1 Å². The number of allylic oxidation sites excluding steroid dienone is 2. The highest BCUT2D eigenvalue weighted by atomic mass is 16.8. The fourth-order valence-corrected chi connectivity index (χ4v) is 7.11. The predicted octanol–water partition coefficient (Wildman–Crippen LogP) is -2.23. The van der Waals surface area contributed by atoms with Crippen LogP contribution in [0.3, 0.4) is 0 Å². The van der Waals surface area contributed by atoms with Crippen LogP contribution in [0.2, 0.25) is 0 Å². The van der Waals surface area contributed by atoms with Gasteiger partial charge in [-0.15, -0.1) is 0 Å². The van der Waals surface area contributed by atoms with Crippen LogP contribution in [0.1, 0.15) is 24.3 Å². The predicted molar refractivity (Wildman–Crippen MR) is 180 cm³/mol. The summed E-state index contributed by atoms with van der Waals surface area (Å²) in [6, 6.07) is 5.88. The maximum Gasteiger partial charge on any atom is 0.340 e. The number of aliphatic hydroxyl groups excluding tert-OH is 6. The highest BCUT2D eigenvalue weighted by Crippen LogP contribution is 2.51. The molecule has 20 nitrogen and oxygen atoms in total. The first kappa shape index (κ1) is 38.0. The summed E-state index contributed by atoms with van der Waals surface area (Å²) >= 11 is 0. The molecule has 1 spiro atoms. The van der Waals surface area contributed by atoms with Crippen molar-refractivity contribution < 1.29 is 84.0 Å². The Balaban J connectivity index is 1.31. The van der Waals surface area contributed by atoms with E-state index >= 15 is 0 Å². The van der Waals surface area contributed by atoms with E-state index in [1.165, 1.54) is 12.1 Å².